The Morgan fingerprint density at radius 1 is 1.09 bits per heavy atom. The highest BCUT2D eigenvalue weighted by Gasteiger charge is 2.33. The predicted molar refractivity (Wildman–Crippen MR) is 77.6 cm³/mol. The molecule has 3 rings (SSSR count). The van der Waals surface area contributed by atoms with E-state index in [1.807, 2.05) is 0 Å². The minimum Gasteiger partial charge on any atom is -0.472 e. The van der Waals surface area contributed by atoms with Crippen LogP contribution >= 0.6 is 15.9 Å². The number of hydrogen-bond donors (Lipinski definition) is 1. The molecule has 1 N–H and O–H groups in total. The molecule has 3 nitrogen and oxygen atoms in total. The summed E-state index contributed by atoms with van der Waals surface area (Å²) in [6.45, 7) is 0. The molecule has 114 valence electrons. The summed E-state index contributed by atoms with van der Waals surface area (Å²) in [5, 5.41) is 2.68. The van der Waals surface area contributed by atoms with Crippen LogP contribution < -0.4 is 10.1 Å². The molecule has 22 heavy (non-hydrogen) atoms. The fourth-order valence-corrected chi connectivity index (χ4v) is 2.62. The van der Waals surface area contributed by atoms with Gasteiger partial charge in [0, 0.05) is 5.56 Å². The number of alkyl halides is 3. The molecule has 1 aliphatic rings. The molecule has 0 saturated heterocycles. The first-order valence-corrected chi connectivity index (χ1v) is 7.09. The third-order valence-electron chi connectivity index (χ3n) is 3.24. The molecule has 0 bridgehead atoms. The van der Waals surface area contributed by atoms with E-state index in [1.54, 1.807) is 18.2 Å². The van der Waals surface area contributed by atoms with E-state index in [-0.39, 0.29) is 0 Å². The Bertz CT molecular complexity index is 729. The maximum absolute atomic E-state index is 12.6. The first kappa shape index (κ1) is 14.9. The van der Waals surface area contributed by atoms with Crippen LogP contribution in [0.5, 0.6) is 5.75 Å². The average molecular weight is 372 g/mol. The SMILES string of the molecule is O=C1Nc2cccc(Br)c2OC1c1ccc(C(F)(F)F)cc1. The molecule has 1 aliphatic heterocycles. The summed E-state index contributed by atoms with van der Waals surface area (Å²) >= 11 is 3.31. The van der Waals surface area contributed by atoms with Crippen LogP contribution in [0.2, 0.25) is 0 Å². The Hall–Kier alpha value is -2.02. The Morgan fingerprint density at radius 2 is 1.77 bits per heavy atom. The van der Waals surface area contributed by atoms with Gasteiger partial charge >= 0.3 is 6.18 Å². The normalized spacial score (nSPS) is 17.5. The summed E-state index contributed by atoms with van der Waals surface area (Å²) in [6, 6.07) is 9.53. The zero-order valence-electron chi connectivity index (χ0n) is 10.9. The average Bonchev–Trinajstić information content (AvgIpc) is 2.46. The minimum absolute atomic E-state index is 0.354. The number of halogens is 4. The van der Waals surface area contributed by atoms with Crippen molar-refractivity contribution < 1.29 is 22.7 Å². The van der Waals surface area contributed by atoms with E-state index in [9.17, 15) is 18.0 Å². The number of benzene rings is 2. The number of hydrogen-bond acceptors (Lipinski definition) is 2. The minimum atomic E-state index is -4.41. The second-order valence-corrected chi connectivity index (χ2v) is 5.58. The van der Waals surface area contributed by atoms with Crippen LogP contribution in [0.1, 0.15) is 17.2 Å². The number of carbonyl (C=O) groups excluding carboxylic acids is 1. The number of rotatable bonds is 1. The molecule has 0 spiro atoms. The molecule has 1 atom stereocenters. The lowest BCUT2D eigenvalue weighted by atomic mass is 10.0. The smallest absolute Gasteiger partial charge is 0.416 e. The van der Waals surface area contributed by atoms with Gasteiger partial charge in [0.05, 0.1) is 15.7 Å². The van der Waals surface area contributed by atoms with E-state index >= 15 is 0 Å². The van der Waals surface area contributed by atoms with Gasteiger partial charge in [-0.05, 0) is 40.2 Å². The largest absolute Gasteiger partial charge is 0.472 e. The standard InChI is InChI=1S/C15H9BrF3NO2/c16-10-2-1-3-11-13(10)22-12(14(21)20-11)8-4-6-9(7-5-8)15(17,18)19/h1-7,12H,(H,20,21). The van der Waals surface area contributed by atoms with E-state index in [0.717, 1.165) is 12.1 Å². The van der Waals surface area contributed by atoms with Crippen molar-refractivity contribution in [1.82, 2.24) is 0 Å². The van der Waals surface area contributed by atoms with Crippen molar-refractivity contribution in [3.63, 3.8) is 0 Å². The lowest BCUT2D eigenvalue weighted by Gasteiger charge is -2.27. The van der Waals surface area contributed by atoms with E-state index in [0.29, 0.717) is 21.5 Å². The third-order valence-corrected chi connectivity index (χ3v) is 3.86. The number of anilines is 1. The highest BCUT2D eigenvalue weighted by atomic mass is 79.9. The first-order chi connectivity index (χ1) is 10.4. The number of amides is 1. The van der Waals surface area contributed by atoms with Gasteiger partial charge in [0.15, 0.2) is 5.75 Å². The highest BCUT2D eigenvalue weighted by Crippen LogP contribution is 2.40. The van der Waals surface area contributed by atoms with Crippen LogP contribution in [0.4, 0.5) is 18.9 Å². The van der Waals surface area contributed by atoms with Crippen molar-refractivity contribution in [3.8, 4) is 5.75 Å². The fraction of sp³-hybridized carbons (Fsp3) is 0.133. The molecular weight excluding hydrogens is 363 g/mol. The van der Waals surface area contributed by atoms with Crippen LogP contribution in [0.25, 0.3) is 0 Å². The quantitative estimate of drug-likeness (QED) is 0.798. The van der Waals surface area contributed by atoms with Gasteiger partial charge in [-0.15, -0.1) is 0 Å². The molecule has 1 unspecified atom stereocenters. The topological polar surface area (TPSA) is 38.3 Å². The van der Waals surface area contributed by atoms with E-state index in [1.165, 1.54) is 12.1 Å². The van der Waals surface area contributed by atoms with Crippen LogP contribution in [0.3, 0.4) is 0 Å². The zero-order valence-corrected chi connectivity index (χ0v) is 12.5. The lowest BCUT2D eigenvalue weighted by Crippen LogP contribution is -2.30. The third kappa shape index (κ3) is 2.68. The maximum Gasteiger partial charge on any atom is 0.416 e. The summed E-state index contributed by atoms with van der Waals surface area (Å²) in [6.07, 6.45) is -5.41. The van der Waals surface area contributed by atoms with Gasteiger partial charge in [0.2, 0.25) is 6.10 Å². The van der Waals surface area contributed by atoms with Gasteiger partial charge < -0.3 is 10.1 Å². The number of nitrogens with one attached hydrogen (secondary N) is 1. The van der Waals surface area contributed by atoms with E-state index in [4.69, 9.17) is 4.74 Å². The fourth-order valence-electron chi connectivity index (χ4n) is 2.16. The first-order valence-electron chi connectivity index (χ1n) is 6.29. The Labute approximate surface area is 132 Å². The monoisotopic (exact) mass is 371 g/mol. The Kier molecular flexibility index (Phi) is 3.60. The highest BCUT2D eigenvalue weighted by molar-refractivity contribution is 9.10. The molecule has 0 saturated carbocycles. The molecule has 0 aromatic heterocycles. The van der Waals surface area contributed by atoms with Gasteiger partial charge in [-0.25, -0.2) is 0 Å². The van der Waals surface area contributed by atoms with Crippen LogP contribution in [0, 0.1) is 0 Å². The summed E-state index contributed by atoms with van der Waals surface area (Å²) in [4.78, 5) is 12.1. The van der Waals surface area contributed by atoms with Gasteiger partial charge in [0.1, 0.15) is 0 Å². The van der Waals surface area contributed by atoms with Crippen molar-refractivity contribution >= 4 is 27.5 Å². The Balaban J connectivity index is 1.93. The van der Waals surface area contributed by atoms with Gasteiger partial charge in [0.25, 0.3) is 5.91 Å². The Morgan fingerprint density at radius 3 is 2.41 bits per heavy atom. The van der Waals surface area contributed by atoms with Crippen molar-refractivity contribution in [2.75, 3.05) is 5.32 Å². The maximum atomic E-state index is 12.6. The molecule has 1 amide bonds. The molecule has 2 aromatic rings. The molecular formula is C15H9BrF3NO2. The van der Waals surface area contributed by atoms with Crippen molar-refractivity contribution in [1.29, 1.82) is 0 Å². The predicted octanol–water partition coefficient (Wildman–Crippen LogP) is 4.54. The summed E-state index contributed by atoms with van der Waals surface area (Å²) in [5.41, 5.74) is 0.100. The molecule has 0 aliphatic carbocycles. The van der Waals surface area contributed by atoms with Crippen LogP contribution in [-0.4, -0.2) is 5.91 Å². The zero-order chi connectivity index (χ0) is 15.9. The number of fused-ring (bicyclic) bond motifs is 1. The molecule has 0 radical (unpaired) electrons. The van der Waals surface area contributed by atoms with E-state index in [2.05, 4.69) is 21.2 Å². The number of carbonyl (C=O) groups is 1. The van der Waals surface area contributed by atoms with Gasteiger partial charge in [-0.3, -0.25) is 4.79 Å². The summed E-state index contributed by atoms with van der Waals surface area (Å²) in [5.74, 6) is 0.0253. The van der Waals surface area contributed by atoms with Crippen LogP contribution in [0.15, 0.2) is 46.9 Å². The summed E-state index contributed by atoms with van der Waals surface area (Å²) in [7, 11) is 0. The van der Waals surface area contributed by atoms with Gasteiger partial charge in [-0.2, -0.15) is 13.2 Å². The van der Waals surface area contributed by atoms with Crippen molar-refractivity contribution in [2.24, 2.45) is 0 Å². The second kappa shape index (κ2) is 5.31. The van der Waals surface area contributed by atoms with Gasteiger partial charge in [-0.1, -0.05) is 18.2 Å². The van der Waals surface area contributed by atoms with Crippen molar-refractivity contribution in [2.45, 2.75) is 12.3 Å². The molecule has 0 fully saturated rings. The lowest BCUT2D eigenvalue weighted by molar-refractivity contribution is -0.137. The molecule has 7 heteroatoms. The molecule has 1 heterocycles. The van der Waals surface area contributed by atoms with Crippen molar-refractivity contribution in [3.05, 3.63) is 58.1 Å². The van der Waals surface area contributed by atoms with E-state index < -0.39 is 23.8 Å². The number of ether oxygens (including phenoxy) is 1. The summed E-state index contributed by atoms with van der Waals surface area (Å²) < 4.78 is 44.0. The van der Waals surface area contributed by atoms with Crippen LogP contribution in [-0.2, 0) is 11.0 Å². The molecule has 2 aromatic carbocycles. The number of para-hydroxylation sites is 1. The second-order valence-electron chi connectivity index (χ2n) is 4.72.